The number of hydrazone groups is 1. The second-order valence-electron chi connectivity index (χ2n) is 8.56. The summed E-state index contributed by atoms with van der Waals surface area (Å²) in [6.07, 6.45) is 6.13. The number of carbonyl (C=O) groups is 2. The van der Waals surface area contributed by atoms with Crippen LogP contribution in [0.25, 0.3) is 0 Å². The zero-order valence-electron chi connectivity index (χ0n) is 18.5. The van der Waals surface area contributed by atoms with Crippen LogP contribution >= 0.6 is 0 Å². The lowest BCUT2D eigenvalue weighted by molar-refractivity contribution is -0.386. The van der Waals surface area contributed by atoms with Crippen LogP contribution in [-0.4, -0.2) is 34.6 Å². The van der Waals surface area contributed by atoms with Gasteiger partial charge in [-0.1, -0.05) is 42.5 Å². The van der Waals surface area contributed by atoms with Crippen LogP contribution in [0.15, 0.2) is 59.7 Å². The van der Waals surface area contributed by atoms with E-state index >= 15 is 0 Å². The van der Waals surface area contributed by atoms with Gasteiger partial charge in [0, 0.05) is 11.6 Å². The standard InChI is InChI=1S/C25H23N3O6/c1-2-33-20-11-16(10-19(28(31)32)23(20)34-14-15-6-4-3-5-7-15)13-26-27-24(29)21-17-8-9-18(12-17)22(21)25(27)30/h3-11,13,17-18,21-22H,2,12,14H2,1H3/t17-,18-,21-,22+/m0/s1. The second kappa shape index (κ2) is 8.74. The first-order chi connectivity index (χ1) is 16.5. The molecule has 9 nitrogen and oxygen atoms in total. The molecular weight excluding hydrogens is 438 g/mol. The molecule has 4 atom stereocenters. The molecule has 34 heavy (non-hydrogen) atoms. The van der Waals surface area contributed by atoms with Crippen LogP contribution in [0.5, 0.6) is 11.5 Å². The van der Waals surface area contributed by atoms with Crippen molar-refractivity contribution in [2.45, 2.75) is 20.0 Å². The van der Waals surface area contributed by atoms with Crippen molar-refractivity contribution >= 4 is 23.7 Å². The Morgan fingerprint density at radius 3 is 2.38 bits per heavy atom. The molecule has 1 heterocycles. The molecule has 2 amide bonds. The topological polar surface area (TPSA) is 111 Å². The number of hydrogen-bond donors (Lipinski definition) is 0. The summed E-state index contributed by atoms with van der Waals surface area (Å²) in [7, 11) is 0. The molecule has 3 aliphatic rings. The lowest BCUT2D eigenvalue weighted by Crippen LogP contribution is -2.28. The van der Waals surface area contributed by atoms with Crippen molar-refractivity contribution in [3.63, 3.8) is 0 Å². The van der Waals surface area contributed by atoms with Gasteiger partial charge in [0.15, 0.2) is 5.75 Å². The maximum Gasteiger partial charge on any atom is 0.315 e. The molecule has 2 aromatic rings. The van der Waals surface area contributed by atoms with Crippen molar-refractivity contribution < 1.29 is 24.0 Å². The van der Waals surface area contributed by atoms with E-state index in [4.69, 9.17) is 9.47 Å². The van der Waals surface area contributed by atoms with Gasteiger partial charge in [0.1, 0.15) is 6.61 Å². The van der Waals surface area contributed by atoms with Gasteiger partial charge in [-0.25, -0.2) is 0 Å². The smallest absolute Gasteiger partial charge is 0.315 e. The number of hydrogen-bond acceptors (Lipinski definition) is 7. The van der Waals surface area contributed by atoms with E-state index in [2.05, 4.69) is 5.10 Å². The Morgan fingerprint density at radius 2 is 1.76 bits per heavy atom. The average Bonchev–Trinajstić information content (AvgIpc) is 3.51. The molecule has 0 radical (unpaired) electrons. The van der Waals surface area contributed by atoms with Crippen molar-refractivity contribution in [1.82, 2.24) is 5.01 Å². The summed E-state index contributed by atoms with van der Waals surface area (Å²) < 4.78 is 11.4. The number of rotatable bonds is 8. The van der Waals surface area contributed by atoms with E-state index in [9.17, 15) is 19.7 Å². The SMILES string of the molecule is CCOc1cc(C=NN2C(=O)[C@@H]3[C@H](C2=O)[C@H]2C=C[C@H]3C2)cc([N+](=O)[O-])c1OCc1ccccc1. The van der Waals surface area contributed by atoms with Gasteiger partial charge in [0.25, 0.3) is 11.8 Å². The quantitative estimate of drug-likeness (QED) is 0.195. The number of nitro groups is 1. The molecule has 1 aliphatic heterocycles. The molecule has 2 bridgehead atoms. The normalized spacial score (nSPS) is 24.8. The number of amides is 2. The van der Waals surface area contributed by atoms with Gasteiger partial charge in [-0.3, -0.25) is 19.7 Å². The lowest BCUT2D eigenvalue weighted by Gasteiger charge is -2.14. The number of nitro benzene ring substituents is 1. The van der Waals surface area contributed by atoms with E-state index in [0.717, 1.165) is 17.0 Å². The van der Waals surface area contributed by atoms with E-state index in [0.29, 0.717) is 5.56 Å². The van der Waals surface area contributed by atoms with Crippen LogP contribution in [0.1, 0.15) is 24.5 Å². The number of allylic oxidation sites excluding steroid dienone is 2. The first kappa shape index (κ1) is 21.8. The van der Waals surface area contributed by atoms with Gasteiger partial charge >= 0.3 is 5.69 Å². The minimum atomic E-state index is -0.555. The van der Waals surface area contributed by atoms with Crippen LogP contribution in [0.4, 0.5) is 5.69 Å². The monoisotopic (exact) mass is 461 g/mol. The van der Waals surface area contributed by atoms with E-state index in [-0.39, 0.29) is 65.9 Å². The minimum absolute atomic E-state index is 0.0124. The number of ether oxygens (including phenoxy) is 2. The summed E-state index contributed by atoms with van der Waals surface area (Å²) in [6.45, 7) is 2.16. The van der Waals surface area contributed by atoms with E-state index in [1.807, 2.05) is 42.5 Å². The predicted molar refractivity (Wildman–Crippen MR) is 122 cm³/mol. The van der Waals surface area contributed by atoms with E-state index < -0.39 is 4.92 Å². The Bertz CT molecular complexity index is 1180. The minimum Gasteiger partial charge on any atom is -0.490 e. The summed E-state index contributed by atoms with van der Waals surface area (Å²) in [4.78, 5) is 36.9. The summed E-state index contributed by atoms with van der Waals surface area (Å²) in [5.74, 6) is -0.985. The van der Waals surface area contributed by atoms with Gasteiger partial charge in [0.2, 0.25) is 5.75 Å². The average molecular weight is 461 g/mol. The molecule has 0 unspecified atom stereocenters. The van der Waals surface area contributed by atoms with Gasteiger partial charge in [0.05, 0.1) is 29.6 Å². The van der Waals surface area contributed by atoms with Crippen LogP contribution in [0, 0.1) is 33.8 Å². The van der Waals surface area contributed by atoms with Crippen LogP contribution in [0.3, 0.4) is 0 Å². The van der Waals surface area contributed by atoms with Crippen molar-refractivity contribution in [3.05, 3.63) is 75.9 Å². The van der Waals surface area contributed by atoms with Gasteiger partial charge in [-0.15, -0.1) is 0 Å². The summed E-state index contributed by atoms with van der Waals surface area (Å²) in [6, 6.07) is 12.1. The molecule has 174 valence electrons. The number of nitrogens with zero attached hydrogens (tertiary/aromatic N) is 3. The van der Waals surface area contributed by atoms with Gasteiger partial charge in [-0.05, 0) is 36.8 Å². The summed E-state index contributed by atoms with van der Waals surface area (Å²) in [5, 5.41) is 16.9. The maximum absolute atomic E-state index is 12.8. The van der Waals surface area contributed by atoms with Crippen LogP contribution in [0.2, 0.25) is 0 Å². The van der Waals surface area contributed by atoms with E-state index in [1.54, 1.807) is 13.0 Å². The summed E-state index contributed by atoms with van der Waals surface area (Å²) >= 11 is 0. The predicted octanol–water partition coefficient (Wildman–Crippen LogP) is 3.71. The fourth-order valence-corrected chi connectivity index (χ4v) is 5.08. The summed E-state index contributed by atoms with van der Waals surface area (Å²) in [5.41, 5.74) is 0.882. The first-order valence-corrected chi connectivity index (χ1v) is 11.2. The van der Waals surface area contributed by atoms with Gasteiger partial charge in [-0.2, -0.15) is 10.1 Å². The van der Waals surface area contributed by atoms with Crippen LogP contribution < -0.4 is 9.47 Å². The maximum atomic E-state index is 12.8. The number of benzene rings is 2. The highest BCUT2D eigenvalue weighted by atomic mass is 16.6. The zero-order valence-corrected chi connectivity index (χ0v) is 18.5. The molecule has 5 rings (SSSR count). The third-order valence-electron chi connectivity index (χ3n) is 6.55. The zero-order chi connectivity index (χ0) is 23.8. The van der Waals surface area contributed by atoms with E-state index in [1.165, 1.54) is 12.3 Å². The lowest BCUT2D eigenvalue weighted by atomic mass is 9.85. The fourth-order valence-electron chi connectivity index (χ4n) is 5.08. The molecule has 0 aromatic heterocycles. The van der Waals surface area contributed by atoms with Crippen molar-refractivity contribution in [2.75, 3.05) is 6.61 Å². The van der Waals surface area contributed by atoms with Crippen molar-refractivity contribution in [1.29, 1.82) is 0 Å². The highest BCUT2D eigenvalue weighted by molar-refractivity contribution is 6.06. The highest BCUT2D eigenvalue weighted by Crippen LogP contribution is 2.52. The fraction of sp³-hybridized carbons (Fsp3) is 0.320. The first-order valence-electron chi connectivity index (χ1n) is 11.2. The van der Waals surface area contributed by atoms with Gasteiger partial charge < -0.3 is 9.47 Å². The molecule has 1 saturated heterocycles. The number of carbonyl (C=O) groups excluding carboxylic acids is 2. The Hall–Kier alpha value is -4.01. The third kappa shape index (κ3) is 3.72. The van der Waals surface area contributed by atoms with Crippen molar-refractivity contribution in [3.8, 4) is 11.5 Å². The molecule has 2 aromatic carbocycles. The molecule has 9 heteroatoms. The Balaban J connectivity index is 1.42. The molecule has 2 aliphatic carbocycles. The molecule has 2 fully saturated rings. The number of fused-ring (bicyclic) bond motifs is 5. The Morgan fingerprint density at radius 1 is 1.09 bits per heavy atom. The van der Waals surface area contributed by atoms with Crippen molar-refractivity contribution in [2.24, 2.45) is 28.8 Å². The Labute approximate surface area is 195 Å². The Kier molecular flexibility index (Phi) is 5.61. The molecular formula is C25H23N3O6. The van der Waals surface area contributed by atoms with Crippen LogP contribution in [-0.2, 0) is 16.2 Å². The largest absolute Gasteiger partial charge is 0.490 e. The highest BCUT2D eigenvalue weighted by Gasteiger charge is 2.59. The molecule has 1 saturated carbocycles. The molecule has 0 spiro atoms. The molecule has 0 N–H and O–H groups in total. The second-order valence-corrected chi connectivity index (χ2v) is 8.56. The number of imide groups is 1. The third-order valence-corrected chi connectivity index (χ3v) is 6.55.